The molecule has 170 valence electrons. The molecule has 10 heteroatoms. The van der Waals surface area contributed by atoms with Crippen molar-refractivity contribution in [1.29, 1.82) is 0 Å². The summed E-state index contributed by atoms with van der Waals surface area (Å²) in [5, 5.41) is 8.52. The normalized spacial score (nSPS) is 14.8. The van der Waals surface area contributed by atoms with Gasteiger partial charge in [0.15, 0.2) is 5.65 Å². The van der Waals surface area contributed by atoms with Crippen molar-refractivity contribution in [2.75, 3.05) is 30.7 Å². The lowest BCUT2D eigenvalue weighted by Crippen LogP contribution is -2.38. The van der Waals surface area contributed by atoms with Gasteiger partial charge in [-0.3, -0.25) is 9.78 Å². The molecule has 1 aromatic carbocycles. The number of rotatable bonds is 4. The zero-order valence-electron chi connectivity index (χ0n) is 18.1. The summed E-state index contributed by atoms with van der Waals surface area (Å²) in [6.45, 7) is 3.90. The first-order chi connectivity index (χ1) is 15.9. The summed E-state index contributed by atoms with van der Waals surface area (Å²) in [5.41, 5.74) is 9.18. The van der Waals surface area contributed by atoms with E-state index in [1.54, 1.807) is 29.9 Å². The molecule has 1 fully saturated rings. The second-order valence-electron chi connectivity index (χ2n) is 8.34. The van der Waals surface area contributed by atoms with E-state index in [2.05, 4.69) is 31.3 Å². The minimum atomic E-state index is -0.312. The van der Waals surface area contributed by atoms with Crippen molar-refractivity contribution >= 4 is 50.0 Å². The molecule has 3 N–H and O–H groups in total. The number of hydrogen-bond donors (Lipinski definition) is 2. The van der Waals surface area contributed by atoms with Crippen LogP contribution in [0.2, 0.25) is 0 Å². The maximum absolute atomic E-state index is 13.7. The van der Waals surface area contributed by atoms with Gasteiger partial charge in [0.2, 0.25) is 5.91 Å². The van der Waals surface area contributed by atoms with Gasteiger partial charge in [-0.2, -0.15) is 9.61 Å². The van der Waals surface area contributed by atoms with Crippen molar-refractivity contribution in [3.8, 4) is 11.1 Å². The number of amides is 1. The summed E-state index contributed by atoms with van der Waals surface area (Å²) in [7, 11) is 0. The van der Waals surface area contributed by atoms with Crippen molar-refractivity contribution in [2.24, 2.45) is 5.92 Å². The van der Waals surface area contributed by atoms with Crippen molar-refractivity contribution in [3.63, 3.8) is 0 Å². The number of nitrogens with two attached hydrogens (primary N) is 1. The molecule has 0 radical (unpaired) electrons. The molecule has 1 saturated heterocycles. The van der Waals surface area contributed by atoms with Gasteiger partial charge in [0.1, 0.15) is 21.9 Å². The molecule has 0 unspecified atom stereocenters. The van der Waals surface area contributed by atoms with Crippen molar-refractivity contribution in [3.05, 3.63) is 46.9 Å². The van der Waals surface area contributed by atoms with Gasteiger partial charge < -0.3 is 16.0 Å². The summed E-state index contributed by atoms with van der Waals surface area (Å²) in [4.78, 5) is 22.7. The quantitative estimate of drug-likeness (QED) is 0.427. The Balaban J connectivity index is 1.44. The lowest BCUT2D eigenvalue weighted by Gasteiger charge is -2.31. The molecular formula is C23H23BrFN7O. The van der Waals surface area contributed by atoms with Crippen LogP contribution in [0.4, 0.5) is 16.0 Å². The van der Waals surface area contributed by atoms with Gasteiger partial charge in [-0.15, -0.1) is 0 Å². The van der Waals surface area contributed by atoms with Gasteiger partial charge in [0.25, 0.3) is 0 Å². The topological polar surface area (TPSA) is 101 Å². The number of carbonyl (C=O) groups excluding carboxylic acids is 1. The number of fused-ring (bicyclic) bond motifs is 2. The van der Waals surface area contributed by atoms with Gasteiger partial charge in [-0.05, 0) is 59.0 Å². The molecule has 8 nitrogen and oxygen atoms in total. The number of piperidine rings is 1. The van der Waals surface area contributed by atoms with E-state index in [9.17, 15) is 9.18 Å². The average molecular weight is 512 g/mol. The first kappa shape index (κ1) is 21.6. The third-order valence-corrected chi connectivity index (χ3v) is 6.98. The molecule has 4 heterocycles. The van der Waals surface area contributed by atoms with E-state index >= 15 is 0 Å². The van der Waals surface area contributed by atoms with Gasteiger partial charge in [-0.1, -0.05) is 0 Å². The highest BCUT2D eigenvalue weighted by atomic mass is 79.9. The molecule has 33 heavy (non-hydrogen) atoms. The number of carbonyl (C=O) groups is 1. The number of aromatic nitrogens is 4. The van der Waals surface area contributed by atoms with E-state index in [-0.39, 0.29) is 11.7 Å². The standard InChI is InChI=1S/C23H23BrFN7O/c1-13(33)31-6-4-14(5-7-31)10-28-22-20(24)21(26)32-23(30-22)18(12-29-32)16-8-15-9-17(25)2-3-19(15)27-11-16/h2-3,8-9,11-12,14H,4-7,10,26H2,1H3,(H,28,30). The van der Waals surface area contributed by atoms with E-state index in [1.165, 1.54) is 12.1 Å². The monoisotopic (exact) mass is 511 g/mol. The second-order valence-corrected chi connectivity index (χ2v) is 9.14. The number of likely N-dealkylation sites (tertiary alicyclic amines) is 1. The third-order valence-electron chi connectivity index (χ3n) is 6.19. The van der Waals surface area contributed by atoms with E-state index in [4.69, 9.17) is 10.7 Å². The van der Waals surface area contributed by atoms with Gasteiger partial charge >= 0.3 is 0 Å². The fourth-order valence-electron chi connectivity index (χ4n) is 4.26. The molecule has 0 saturated carbocycles. The zero-order valence-corrected chi connectivity index (χ0v) is 19.6. The Bertz CT molecular complexity index is 1360. The molecule has 0 aliphatic carbocycles. The largest absolute Gasteiger partial charge is 0.383 e. The molecule has 3 aromatic heterocycles. The molecule has 0 spiro atoms. The van der Waals surface area contributed by atoms with Gasteiger partial charge in [0, 0.05) is 49.3 Å². The van der Waals surface area contributed by atoms with Crippen LogP contribution < -0.4 is 11.1 Å². The number of anilines is 2. The fraction of sp³-hybridized carbons (Fsp3) is 0.304. The van der Waals surface area contributed by atoms with E-state index < -0.39 is 0 Å². The maximum Gasteiger partial charge on any atom is 0.219 e. The zero-order chi connectivity index (χ0) is 23.1. The van der Waals surface area contributed by atoms with E-state index in [0.29, 0.717) is 38.6 Å². The summed E-state index contributed by atoms with van der Waals surface area (Å²) in [6, 6.07) is 6.38. The number of nitrogens with one attached hydrogen (secondary N) is 1. The maximum atomic E-state index is 13.7. The van der Waals surface area contributed by atoms with Crippen LogP contribution in [0.5, 0.6) is 0 Å². The fourth-order valence-corrected chi connectivity index (χ4v) is 4.66. The number of nitrogens with zero attached hydrogens (tertiary/aromatic N) is 5. The summed E-state index contributed by atoms with van der Waals surface area (Å²) < 4.78 is 15.9. The number of benzene rings is 1. The van der Waals surface area contributed by atoms with Crippen LogP contribution in [-0.4, -0.2) is 50.0 Å². The number of halogens is 2. The SMILES string of the molecule is CC(=O)N1CCC(CNc2nc3c(-c4cnc5ccc(F)cc5c4)cnn3c(N)c2Br)CC1. The van der Waals surface area contributed by atoms with Crippen LogP contribution in [0.3, 0.4) is 0 Å². The highest BCUT2D eigenvalue weighted by molar-refractivity contribution is 9.10. The molecule has 4 aromatic rings. The van der Waals surface area contributed by atoms with Crippen molar-refractivity contribution in [2.45, 2.75) is 19.8 Å². The number of nitrogen functional groups attached to an aromatic ring is 1. The number of pyridine rings is 1. The van der Waals surface area contributed by atoms with E-state index in [1.807, 2.05) is 11.0 Å². The summed E-state index contributed by atoms with van der Waals surface area (Å²) >= 11 is 3.54. The average Bonchev–Trinajstić information content (AvgIpc) is 3.24. The number of hydrogen-bond acceptors (Lipinski definition) is 6. The predicted octanol–water partition coefficient (Wildman–Crippen LogP) is 4.10. The molecule has 5 rings (SSSR count). The highest BCUT2D eigenvalue weighted by Crippen LogP contribution is 2.33. The van der Waals surface area contributed by atoms with Crippen LogP contribution in [0, 0.1) is 11.7 Å². The predicted molar refractivity (Wildman–Crippen MR) is 129 cm³/mol. The second kappa shape index (κ2) is 8.58. The Morgan fingerprint density at radius 1 is 1.27 bits per heavy atom. The van der Waals surface area contributed by atoms with E-state index in [0.717, 1.165) is 43.6 Å². The smallest absolute Gasteiger partial charge is 0.219 e. The highest BCUT2D eigenvalue weighted by Gasteiger charge is 2.22. The summed E-state index contributed by atoms with van der Waals surface area (Å²) in [6.07, 6.45) is 5.31. The molecule has 1 amide bonds. The molecular weight excluding hydrogens is 489 g/mol. The Morgan fingerprint density at radius 2 is 2.06 bits per heavy atom. The molecule has 0 atom stereocenters. The lowest BCUT2D eigenvalue weighted by atomic mass is 9.97. The van der Waals surface area contributed by atoms with Crippen LogP contribution >= 0.6 is 15.9 Å². The van der Waals surface area contributed by atoms with Crippen molar-refractivity contribution in [1.82, 2.24) is 24.5 Å². The third kappa shape index (κ3) is 4.10. The van der Waals surface area contributed by atoms with Gasteiger partial charge in [0.05, 0.1) is 11.7 Å². The Morgan fingerprint density at radius 3 is 2.82 bits per heavy atom. The van der Waals surface area contributed by atoms with Crippen molar-refractivity contribution < 1.29 is 9.18 Å². The summed E-state index contributed by atoms with van der Waals surface area (Å²) in [5.74, 6) is 1.32. The van der Waals surface area contributed by atoms with Crippen LogP contribution in [-0.2, 0) is 4.79 Å². The Kier molecular flexibility index (Phi) is 5.61. The minimum Gasteiger partial charge on any atom is -0.383 e. The first-order valence-corrected chi connectivity index (χ1v) is 11.6. The Hall–Kier alpha value is -3.27. The van der Waals surface area contributed by atoms with Crippen LogP contribution in [0.25, 0.3) is 27.7 Å². The molecule has 1 aliphatic heterocycles. The minimum absolute atomic E-state index is 0.128. The first-order valence-electron chi connectivity index (χ1n) is 10.8. The van der Waals surface area contributed by atoms with Crippen LogP contribution in [0.15, 0.2) is 41.1 Å². The molecule has 1 aliphatic rings. The lowest BCUT2D eigenvalue weighted by molar-refractivity contribution is -0.130. The van der Waals surface area contributed by atoms with Crippen LogP contribution in [0.1, 0.15) is 19.8 Å². The van der Waals surface area contributed by atoms with Gasteiger partial charge in [-0.25, -0.2) is 9.37 Å². The molecule has 0 bridgehead atoms. The Labute approximate surface area is 198 Å².